The van der Waals surface area contributed by atoms with Gasteiger partial charge in [-0.1, -0.05) is 23.2 Å². The quantitative estimate of drug-likeness (QED) is 0.696. The third-order valence-electron chi connectivity index (χ3n) is 1.88. The summed E-state index contributed by atoms with van der Waals surface area (Å²) in [7, 11) is 0. The van der Waals surface area contributed by atoms with Gasteiger partial charge in [0.1, 0.15) is 0 Å². The van der Waals surface area contributed by atoms with Crippen molar-refractivity contribution in [2.24, 2.45) is 0 Å². The summed E-state index contributed by atoms with van der Waals surface area (Å²) in [5, 5.41) is 8.92. The zero-order chi connectivity index (χ0) is 8.72. The maximum Gasteiger partial charge on any atom is 0.0668 e. The van der Waals surface area contributed by atoms with Crippen LogP contribution in [0.5, 0.6) is 0 Å². The highest BCUT2D eigenvalue weighted by molar-refractivity contribution is 6.43. The van der Waals surface area contributed by atoms with Crippen LogP contribution < -0.4 is 0 Å². The van der Waals surface area contributed by atoms with E-state index in [-0.39, 0.29) is 0 Å². The van der Waals surface area contributed by atoms with Crippen LogP contribution in [0.15, 0.2) is 12.3 Å². The molecular formula is C8H6Cl2N2. The monoisotopic (exact) mass is 200 g/mol. The third kappa shape index (κ3) is 0.993. The second-order valence-electron chi connectivity index (χ2n) is 2.63. The molecule has 1 heterocycles. The van der Waals surface area contributed by atoms with E-state index >= 15 is 0 Å². The highest BCUT2D eigenvalue weighted by atomic mass is 35.5. The number of aromatic nitrogens is 2. The molecule has 2 nitrogen and oxygen atoms in total. The van der Waals surface area contributed by atoms with E-state index in [1.807, 2.05) is 6.92 Å². The number of fused-ring (bicyclic) bond motifs is 1. The Morgan fingerprint density at radius 2 is 2.17 bits per heavy atom. The molecule has 4 heteroatoms. The largest absolute Gasteiger partial charge is 0.278 e. The summed E-state index contributed by atoms with van der Waals surface area (Å²) in [4.78, 5) is 0. The lowest BCUT2D eigenvalue weighted by Crippen LogP contribution is -1.78. The minimum Gasteiger partial charge on any atom is -0.278 e. The number of nitrogens with one attached hydrogen (secondary N) is 1. The van der Waals surface area contributed by atoms with Gasteiger partial charge in [-0.2, -0.15) is 5.10 Å². The number of hydrogen-bond acceptors (Lipinski definition) is 1. The second kappa shape index (κ2) is 2.64. The van der Waals surface area contributed by atoms with E-state index in [4.69, 9.17) is 23.2 Å². The Morgan fingerprint density at radius 3 is 2.92 bits per heavy atom. The molecule has 2 aromatic rings. The summed E-state index contributed by atoms with van der Waals surface area (Å²) < 4.78 is 0. The van der Waals surface area contributed by atoms with Crippen molar-refractivity contribution >= 4 is 34.1 Å². The van der Waals surface area contributed by atoms with Crippen molar-refractivity contribution in [3.8, 4) is 0 Å². The first-order valence-corrected chi connectivity index (χ1v) is 4.23. The molecule has 2 rings (SSSR count). The van der Waals surface area contributed by atoms with Crippen LogP contribution in [0.4, 0.5) is 0 Å². The Balaban J connectivity index is 2.94. The van der Waals surface area contributed by atoms with E-state index in [9.17, 15) is 0 Å². The SMILES string of the molecule is Cc1c(Cl)c(Cl)cc2[nH]ncc12. The van der Waals surface area contributed by atoms with Gasteiger partial charge in [-0.3, -0.25) is 5.10 Å². The number of nitrogens with zero attached hydrogens (tertiary/aromatic N) is 1. The minimum atomic E-state index is 0.561. The normalized spacial score (nSPS) is 10.9. The highest BCUT2D eigenvalue weighted by Crippen LogP contribution is 2.31. The van der Waals surface area contributed by atoms with Crippen molar-refractivity contribution in [3.63, 3.8) is 0 Å². The summed E-state index contributed by atoms with van der Waals surface area (Å²) in [5.74, 6) is 0. The Hall–Kier alpha value is -0.730. The molecule has 12 heavy (non-hydrogen) atoms. The third-order valence-corrected chi connectivity index (χ3v) is 2.76. The van der Waals surface area contributed by atoms with Gasteiger partial charge in [0.15, 0.2) is 0 Å². The molecule has 0 aliphatic carbocycles. The Labute approximate surface area is 79.5 Å². The maximum atomic E-state index is 5.94. The van der Waals surface area contributed by atoms with E-state index < -0.39 is 0 Å². The molecule has 1 N–H and O–H groups in total. The van der Waals surface area contributed by atoms with Crippen LogP contribution >= 0.6 is 23.2 Å². The Morgan fingerprint density at radius 1 is 1.42 bits per heavy atom. The highest BCUT2D eigenvalue weighted by Gasteiger charge is 2.07. The van der Waals surface area contributed by atoms with Crippen LogP contribution in [0, 0.1) is 6.92 Å². The number of aryl methyl sites for hydroxylation is 1. The Bertz CT molecular complexity index is 434. The summed E-state index contributed by atoms with van der Waals surface area (Å²) >= 11 is 11.8. The Kier molecular flexibility index (Phi) is 1.74. The van der Waals surface area contributed by atoms with Crippen molar-refractivity contribution in [1.82, 2.24) is 10.2 Å². The number of hydrogen-bond donors (Lipinski definition) is 1. The number of rotatable bonds is 0. The molecule has 0 bridgehead atoms. The molecule has 0 unspecified atom stereocenters. The van der Waals surface area contributed by atoms with Crippen molar-refractivity contribution in [2.45, 2.75) is 6.92 Å². The van der Waals surface area contributed by atoms with Crippen LogP contribution in [0.25, 0.3) is 10.9 Å². The lowest BCUT2D eigenvalue weighted by molar-refractivity contribution is 1.12. The van der Waals surface area contributed by atoms with Gasteiger partial charge in [-0.05, 0) is 18.6 Å². The first-order valence-electron chi connectivity index (χ1n) is 3.48. The molecule has 0 atom stereocenters. The molecule has 0 aliphatic heterocycles. The van der Waals surface area contributed by atoms with Crippen LogP contribution in [0.3, 0.4) is 0 Å². The van der Waals surface area contributed by atoms with Gasteiger partial charge in [0.2, 0.25) is 0 Å². The summed E-state index contributed by atoms with van der Waals surface area (Å²) in [6.45, 7) is 1.92. The lowest BCUT2D eigenvalue weighted by Gasteiger charge is -2.00. The lowest BCUT2D eigenvalue weighted by atomic mass is 10.1. The molecule has 0 aliphatic rings. The summed E-state index contributed by atoms with van der Waals surface area (Å²) in [6, 6.07) is 1.78. The molecule has 0 saturated heterocycles. The van der Waals surface area contributed by atoms with Crippen LogP contribution in [-0.4, -0.2) is 10.2 Å². The van der Waals surface area contributed by atoms with E-state index in [0.717, 1.165) is 16.5 Å². The van der Waals surface area contributed by atoms with Gasteiger partial charge < -0.3 is 0 Å². The number of halogens is 2. The van der Waals surface area contributed by atoms with Crippen molar-refractivity contribution in [1.29, 1.82) is 0 Å². The zero-order valence-corrected chi connectivity index (χ0v) is 7.87. The fourth-order valence-electron chi connectivity index (χ4n) is 1.19. The summed E-state index contributed by atoms with van der Waals surface area (Å²) in [6.07, 6.45) is 1.74. The smallest absolute Gasteiger partial charge is 0.0668 e. The number of H-pyrrole nitrogens is 1. The van der Waals surface area contributed by atoms with Gasteiger partial charge in [-0.25, -0.2) is 0 Å². The first-order chi connectivity index (χ1) is 5.70. The minimum absolute atomic E-state index is 0.561. The van der Waals surface area contributed by atoms with Gasteiger partial charge in [0, 0.05) is 5.39 Å². The molecule has 1 aromatic heterocycles. The van der Waals surface area contributed by atoms with E-state index in [1.54, 1.807) is 12.3 Å². The van der Waals surface area contributed by atoms with Crippen molar-refractivity contribution < 1.29 is 0 Å². The molecule has 1 aromatic carbocycles. The zero-order valence-electron chi connectivity index (χ0n) is 6.36. The number of benzene rings is 1. The van der Waals surface area contributed by atoms with E-state index in [0.29, 0.717) is 10.0 Å². The van der Waals surface area contributed by atoms with E-state index in [1.165, 1.54) is 0 Å². The van der Waals surface area contributed by atoms with Crippen LogP contribution in [0.1, 0.15) is 5.56 Å². The standard InChI is InChI=1S/C8H6Cl2N2/c1-4-5-3-11-12-7(5)2-6(9)8(4)10/h2-3H,1H3,(H,11,12). The van der Waals surface area contributed by atoms with Gasteiger partial charge in [0.05, 0.1) is 21.8 Å². The molecule has 0 spiro atoms. The van der Waals surface area contributed by atoms with E-state index in [2.05, 4.69) is 10.2 Å². The topological polar surface area (TPSA) is 28.7 Å². The molecule has 0 amide bonds. The van der Waals surface area contributed by atoms with Crippen LogP contribution in [-0.2, 0) is 0 Å². The fraction of sp³-hybridized carbons (Fsp3) is 0.125. The predicted molar refractivity (Wildman–Crippen MR) is 50.9 cm³/mol. The maximum absolute atomic E-state index is 5.94. The average Bonchev–Trinajstić information content (AvgIpc) is 2.48. The van der Waals surface area contributed by atoms with Gasteiger partial charge in [-0.15, -0.1) is 0 Å². The molecular weight excluding hydrogens is 195 g/mol. The number of aromatic amines is 1. The van der Waals surface area contributed by atoms with Gasteiger partial charge >= 0.3 is 0 Å². The molecule has 0 saturated carbocycles. The predicted octanol–water partition coefficient (Wildman–Crippen LogP) is 3.18. The first kappa shape index (κ1) is 7.90. The summed E-state index contributed by atoms with van der Waals surface area (Å²) in [5.41, 5.74) is 1.88. The molecule has 0 fully saturated rings. The van der Waals surface area contributed by atoms with Crippen LogP contribution in [0.2, 0.25) is 10.0 Å². The van der Waals surface area contributed by atoms with Crippen molar-refractivity contribution in [3.05, 3.63) is 27.9 Å². The molecule has 0 radical (unpaired) electrons. The fourth-order valence-corrected chi connectivity index (χ4v) is 1.60. The molecule has 62 valence electrons. The average molecular weight is 201 g/mol. The van der Waals surface area contributed by atoms with Crippen molar-refractivity contribution in [2.75, 3.05) is 0 Å². The van der Waals surface area contributed by atoms with Gasteiger partial charge in [0.25, 0.3) is 0 Å². The second-order valence-corrected chi connectivity index (χ2v) is 3.41.